The summed E-state index contributed by atoms with van der Waals surface area (Å²) in [4.78, 5) is 0.111. The molecule has 8 heteroatoms. The van der Waals surface area contributed by atoms with Crippen LogP contribution >= 0.6 is 0 Å². The Hall–Kier alpha value is -2.97. The zero-order chi connectivity index (χ0) is 24.0. The Kier molecular flexibility index (Phi) is 8.05. The molecule has 0 radical (unpaired) electrons. The van der Waals surface area contributed by atoms with Crippen LogP contribution in [0.3, 0.4) is 0 Å². The topological polar surface area (TPSA) is 108 Å². The fourth-order valence-electron chi connectivity index (χ4n) is 3.72. The fraction of sp³-hybridized carbons (Fsp3) is 0.360. The normalized spacial score (nSPS) is 12.2. The molecule has 3 rings (SSSR count). The third-order valence-electron chi connectivity index (χ3n) is 5.51. The van der Waals surface area contributed by atoms with Gasteiger partial charge in [-0.25, -0.2) is 8.42 Å². The highest BCUT2D eigenvalue weighted by molar-refractivity contribution is 7.89. The van der Waals surface area contributed by atoms with E-state index < -0.39 is 10.0 Å². The van der Waals surface area contributed by atoms with Crippen LogP contribution in [-0.4, -0.2) is 30.9 Å². The number of nitrogen functional groups attached to an aromatic ring is 1. The molecule has 3 N–H and O–H groups in total. The molecule has 3 aromatic rings. The number of sulfonamides is 1. The number of aryl methyl sites for hydroxylation is 1. The van der Waals surface area contributed by atoms with Gasteiger partial charge in [0.05, 0.1) is 11.1 Å². The summed E-state index contributed by atoms with van der Waals surface area (Å²) in [6, 6.07) is 13.7. The molecule has 0 spiro atoms. The Morgan fingerprint density at radius 2 is 1.64 bits per heavy atom. The summed E-state index contributed by atoms with van der Waals surface area (Å²) in [6.45, 7) is 6.90. The van der Waals surface area contributed by atoms with Gasteiger partial charge in [-0.3, -0.25) is 0 Å². The minimum atomic E-state index is -3.75. The lowest BCUT2D eigenvalue weighted by molar-refractivity contribution is 0.395. The number of hydrogen-bond donors (Lipinski definition) is 2. The average molecular weight is 469 g/mol. The number of nitrogens with zero attached hydrogens (tertiary/aromatic N) is 3. The Morgan fingerprint density at radius 3 is 2.30 bits per heavy atom. The summed E-state index contributed by atoms with van der Waals surface area (Å²) in [5.41, 5.74) is 7.95. The molecule has 0 saturated carbocycles. The van der Waals surface area contributed by atoms with E-state index in [0.717, 1.165) is 36.6 Å². The SMILES string of the molecule is CCCCN(CCCC)S(=O)(=O)c1ccccc1/N=N/c1c(N)ccc2cc(C)cc(O)c12. The van der Waals surface area contributed by atoms with Gasteiger partial charge in [0.2, 0.25) is 10.0 Å². The summed E-state index contributed by atoms with van der Waals surface area (Å²) in [7, 11) is -3.75. The van der Waals surface area contributed by atoms with E-state index in [1.807, 2.05) is 32.9 Å². The number of hydrogen-bond acceptors (Lipinski definition) is 6. The zero-order valence-electron chi connectivity index (χ0n) is 19.5. The molecule has 3 aromatic carbocycles. The van der Waals surface area contributed by atoms with E-state index in [-0.39, 0.29) is 16.3 Å². The summed E-state index contributed by atoms with van der Waals surface area (Å²) in [5, 5.41) is 20.4. The number of phenols is 1. The maximum absolute atomic E-state index is 13.5. The predicted octanol–water partition coefficient (Wildman–Crippen LogP) is 6.44. The molecule has 33 heavy (non-hydrogen) atoms. The number of rotatable bonds is 10. The van der Waals surface area contributed by atoms with E-state index in [2.05, 4.69) is 10.2 Å². The van der Waals surface area contributed by atoms with Gasteiger partial charge in [-0.1, -0.05) is 51.0 Å². The molecule has 7 nitrogen and oxygen atoms in total. The smallest absolute Gasteiger partial charge is 0.245 e. The van der Waals surface area contributed by atoms with E-state index in [1.165, 1.54) is 4.31 Å². The molecule has 0 aliphatic heterocycles. The summed E-state index contributed by atoms with van der Waals surface area (Å²) >= 11 is 0. The van der Waals surface area contributed by atoms with Gasteiger partial charge in [0.15, 0.2) is 0 Å². The van der Waals surface area contributed by atoms with Crippen molar-refractivity contribution in [2.45, 2.75) is 51.3 Å². The number of anilines is 1. The maximum atomic E-state index is 13.5. The van der Waals surface area contributed by atoms with Gasteiger partial charge >= 0.3 is 0 Å². The molecule has 0 amide bonds. The lowest BCUT2D eigenvalue weighted by Gasteiger charge is -2.22. The van der Waals surface area contributed by atoms with Gasteiger partial charge < -0.3 is 10.8 Å². The first-order valence-electron chi connectivity index (χ1n) is 11.3. The second-order valence-corrected chi connectivity index (χ2v) is 10.1. The number of benzene rings is 3. The first-order valence-corrected chi connectivity index (χ1v) is 12.8. The van der Waals surface area contributed by atoms with Crippen molar-refractivity contribution in [1.29, 1.82) is 0 Å². The first kappa shape index (κ1) is 24.7. The van der Waals surface area contributed by atoms with Gasteiger partial charge in [-0.05, 0) is 55.0 Å². The quantitative estimate of drug-likeness (QED) is 0.263. The summed E-state index contributed by atoms with van der Waals surface area (Å²) < 4.78 is 28.6. The minimum Gasteiger partial charge on any atom is -0.507 e. The Balaban J connectivity index is 2.07. The minimum absolute atomic E-state index is 0.0532. The lowest BCUT2D eigenvalue weighted by atomic mass is 10.0. The number of nitrogens with two attached hydrogens (primary N) is 1. The third-order valence-corrected chi connectivity index (χ3v) is 7.45. The molecular formula is C25H32N4O3S. The molecular weight excluding hydrogens is 436 g/mol. The standard InChI is InChI=1S/C25H32N4O3S/c1-4-6-14-29(15-7-5-2)33(31,32)23-11-9-8-10-21(23)27-28-25-20(26)13-12-19-16-18(3)17-22(30)24(19)25/h8-13,16-17,30H,4-7,14-15,26H2,1-3H3/b28-27+. The van der Waals surface area contributed by atoms with Crippen LogP contribution in [0, 0.1) is 6.92 Å². The highest BCUT2D eigenvalue weighted by atomic mass is 32.2. The van der Waals surface area contributed by atoms with Crippen molar-refractivity contribution in [3.63, 3.8) is 0 Å². The van der Waals surface area contributed by atoms with Gasteiger partial charge in [0.1, 0.15) is 22.0 Å². The monoisotopic (exact) mass is 468 g/mol. The van der Waals surface area contributed by atoms with Crippen LogP contribution < -0.4 is 5.73 Å². The second-order valence-electron chi connectivity index (χ2n) is 8.16. The van der Waals surface area contributed by atoms with Crippen molar-refractivity contribution >= 4 is 37.9 Å². The van der Waals surface area contributed by atoms with Crippen molar-refractivity contribution in [3.8, 4) is 5.75 Å². The Bertz CT molecular complexity index is 1250. The molecule has 0 unspecified atom stereocenters. The number of fused-ring (bicyclic) bond motifs is 1. The van der Waals surface area contributed by atoms with Gasteiger partial charge in [0, 0.05) is 13.1 Å². The molecule has 0 bridgehead atoms. The maximum Gasteiger partial charge on any atom is 0.245 e. The summed E-state index contributed by atoms with van der Waals surface area (Å²) in [6.07, 6.45) is 3.39. The van der Waals surface area contributed by atoms with E-state index >= 15 is 0 Å². The van der Waals surface area contributed by atoms with Crippen molar-refractivity contribution in [1.82, 2.24) is 4.31 Å². The van der Waals surface area contributed by atoms with Crippen molar-refractivity contribution in [2.24, 2.45) is 10.2 Å². The molecule has 0 saturated heterocycles. The number of aromatic hydroxyl groups is 1. The van der Waals surface area contributed by atoms with Crippen LogP contribution in [0.4, 0.5) is 17.1 Å². The van der Waals surface area contributed by atoms with E-state index in [9.17, 15) is 13.5 Å². The van der Waals surface area contributed by atoms with Crippen LogP contribution in [0.15, 0.2) is 63.7 Å². The first-order chi connectivity index (χ1) is 15.8. The van der Waals surface area contributed by atoms with Gasteiger partial charge in [-0.15, -0.1) is 10.2 Å². The van der Waals surface area contributed by atoms with Crippen LogP contribution in [0.25, 0.3) is 10.8 Å². The van der Waals surface area contributed by atoms with Crippen molar-refractivity contribution < 1.29 is 13.5 Å². The largest absolute Gasteiger partial charge is 0.507 e. The molecule has 0 aliphatic rings. The Morgan fingerprint density at radius 1 is 0.970 bits per heavy atom. The molecule has 0 aliphatic carbocycles. The molecule has 0 atom stereocenters. The third kappa shape index (κ3) is 5.51. The van der Waals surface area contributed by atoms with Crippen molar-refractivity contribution in [2.75, 3.05) is 18.8 Å². The van der Waals surface area contributed by atoms with Crippen molar-refractivity contribution in [3.05, 3.63) is 54.1 Å². The second kappa shape index (κ2) is 10.8. The number of unbranched alkanes of at least 4 members (excludes halogenated alkanes) is 2. The predicted molar refractivity (Wildman–Crippen MR) is 134 cm³/mol. The van der Waals surface area contributed by atoms with E-state index in [1.54, 1.807) is 36.4 Å². The van der Waals surface area contributed by atoms with Crippen LogP contribution in [0.1, 0.15) is 45.1 Å². The van der Waals surface area contributed by atoms with E-state index in [0.29, 0.717) is 29.9 Å². The molecule has 0 aromatic heterocycles. The van der Waals surface area contributed by atoms with Gasteiger partial charge in [-0.2, -0.15) is 4.31 Å². The molecule has 176 valence electrons. The number of azo groups is 1. The summed E-state index contributed by atoms with van der Waals surface area (Å²) in [5.74, 6) is 0.0532. The van der Waals surface area contributed by atoms with Gasteiger partial charge in [0.25, 0.3) is 0 Å². The van der Waals surface area contributed by atoms with Crippen LogP contribution in [0.2, 0.25) is 0 Å². The zero-order valence-corrected chi connectivity index (χ0v) is 20.3. The number of phenolic OH excluding ortho intramolecular Hbond substituents is 1. The van der Waals surface area contributed by atoms with Crippen LogP contribution in [0.5, 0.6) is 5.75 Å². The average Bonchev–Trinajstić information content (AvgIpc) is 2.78. The molecule has 0 fully saturated rings. The molecule has 0 heterocycles. The highest BCUT2D eigenvalue weighted by Gasteiger charge is 2.26. The van der Waals surface area contributed by atoms with Crippen LogP contribution in [-0.2, 0) is 10.0 Å². The lowest BCUT2D eigenvalue weighted by Crippen LogP contribution is -2.33. The van der Waals surface area contributed by atoms with E-state index in [4.69, 9.17) is 5.73 Å². The highest BCUT2D eigenvalue weighted by Crippen LogP contribution is 2.40. The Labute approximate surface area is 196 Å². The fourth-order valence-corrected chi connectivity index (χ4v) is 5.36.